The topological polar surface area (TPSA) is 94.9 Å². The summed E-state index contributed by atoms with van der Waals surface area (Å²) in [6.45, 7) is 0. The highest BCUT2D eigenvalue weighted by molar-refractivity contribution is 6.05. The highest BCUT2D eigenvalue weighted by Gasteiger charge is 2.57. The SMILES string of the molecule is O=C(O)C1C[C@H](C(F)(F)F)N(C(=O)O)C1=O. The lowest BCUT2D eigenvalue weighted by Crippen LogP contribution is -2.46. The van der Waals surface area contributed by atoms with E-state index in [4.69, 9.17) is 10.2 Å². The van der Waals surface area contributed by atoms with Crippen LogP contribution in [0.1, 0.15) is 6.42 Å². The van der Waals surface area contributed by atoms with Gasteiger partial charge in [0.05, 0.1) is 0 Å². The summed E-state index contributed by atoms with van der Waals surface area (Å²) < 4.78 is 37.0. The van der Waals surface area contributed by atoms with Crippen molar-refractivity contribution in [3.05, 3.63) is 0 Å². The Kier molecular flexibility index (Phi) is 2.80. The molecule has 0 aromatic rings. The quantitative estimate of drug-likeness (QED) is 0.653. The molecular weight excluding hydrogens is 235 g/mol. The van der Waals surface area contributed by atoms with E-state index in [1.165, 1.54) is 0 Å². The first-order valence-electron chi connectivity index (χ1n) is 4.01. The Balaban J connectivity index is 3.07. The summed E-state index contributed by atoms with van der Waals surface area (Å²) >= 11 is 0. The zero-order valence-corrected chi connectivity index (χ0v) is 7.56. The molecule has 1 rings (SSSR count). The molecule has 9 heteroatoms. The molecule has 0 bridgehead atoms. The van der Waals surface area contributed by atoms with E-state index in [0.717, 1.165) is 0 Å². The molecule has 1 heterocycles. The first-order chi connectivity index (χ1) is 7.16. The van der Waals surface area contributed by atoms with Gasteiger partial charge in [0.25, 0.3) is 0 Å². The summed E-state index contributed by atoms with van der Waals surface area (Å²) in [5, 5.41) is 16.9. The van der Waals surface area contributed by atoms with Crippen LogP contribution in [0.25, 0.3) is 0 Å². The third-order valence-corrected chi connectivity index (χ3v) is 2.19. The van der Waals surface area contributed by atoms with Gasteiger partial charge in [0.15, 0.2) is 0 Å². The molecule has 1 fully saturated rings. The average molecular weight is 241 g/mol. The molecule has 90 valence electrons. The number of carboxylic acids is 1. The van der Waals surface area contributed by atoms with Crippen LogP contribution in [0.4, 0.5) is 18.0 Å². The third-order valence-electron chi connectivity index (χ3n) is 2.19. The minimum absolute atomic E-state index is 0.473. The standard InChI is InChI=1S/C7H6F3NO5/c8-7(9,10)3-1-2(5(13)14)4(12)11(3)6(15)16/h2-3H,1H2,(H,13,14)(H,15,16)/t2?,3-/m1/s1. The number of halogens is 3. The lowest BCUT2D eigenvalue weighted by Gasteiger charge is -2.21. The molecule has 2 N–H and O–H groups in total. The molecule has 0 spiro atoms. The van der Waals surface area contributed by atoms with Gasteiger partial charge in [-0.15, -0.1) is 0 Å². The van der Waals surface area contributed by atoms with Crippen LogP contribution in [-0.2, 0) is 9.59 Å². The first-order valence-corrected chi connectivity index (χ1v) is 4.01. The fourth-order valence-corrected chi connectivity index (χ4v) is 1.47. The summed E-state index contributed by atoms with van der Waals surface area (Å²) in [6.07, 6.45) is -8.14. The van der Waals surface area contributed by atoms with Crippen LogP contribution < -0.4 is 0 Å². The lowest BCUT2D eigenvalue weighted by atomic mass is 10.1. The van der Waals surface area contributed by atoms with E-state index in [1.807, 2.05) is 0 Å². The van der Waals surface area contributed by atoms with E-state index in [2.05, 4.69) is 0 Å². The van der Waals surface area contributed by atoms with Gasteiger partial charge in [-0.3, -0.25) is 9.59 Å². The van der Waals surface area contributed by atoms with E-state index in [1.54, 1.807) is 0 Å². The lowest BCUT2D eigenvalue weighted by molar-refractivity contribution is -0.175. The largest absolute Gasteiger partial charge is 0.481 e. The number of carboxylic acid groups (broad SMARTS) is 2. The van der Waals surface area contributed by atoms with Crippen molar-refractivity contribution in [2.45, 2.75) is 18.6 Å². The highest BCUT2D eigenvalue weighted by atomic mass is 19.4. The molecular formula is C7H6F3NO5. The van der Waals surface area contributed by atoms with Gasteiger partial charge < -0.3 is 10.2 Å². The number of nitrogens with zero attached hydrogens (tertiary/aromatic N) is 1. The van der Waals surface area contributed by atoms with Crippen molar-refractivity contribution < 1.29 is 37.8 Å². The van der Waals surface area contributed by atoms with E-state index in [-0.39, 0.29) is 0 Å². The molecule has 1 aliphatic heterocycles. The summed E-state index contributed by atoms with van der Waals surface area (Å²) in [5.74, 6) is -5.27. The van der Waals surface area contributed by atoms with Crippen molar-refractivity contribution in [3.63, 3.8) is 0 Å². The van der Waals surface area contributed by atoms with Crippen molar-refractivity contribution in [1.82, 2.24) is 4.90 Å². The molecule has 6 nitrogen and oxygen atoms in total. The maximum absolute atomic E-state index is 12.3. The van der Waals surface area contributed by atoms with E-state index < -0.39 is 47.4 Å². The predicted octanol–water partition coefficient (Wildman–Crippen LogP) is 0.528. The van der Waals surface area contributed by atoms with Crippen molar-refractivity contribution in [3.8, 4) is 0 Å². The zero-order chi connectivity index (χ0) is 12.7. The van der Waals surface area contributed by atoms with E-state index in [9.17, 15) is 27.6 Å². The minimum atomic E-state index is -4.96. The fourth-order valence-electron chi connectivity index (χ4n) is 1.47. The molecule has 2 atom stereocenters. The Hall–Kier alpha value is -1.80. The van der Waals surface area contributed by atoms with Crippen molar-refractivity contribution in [2.24, 2.45) is 5.92 Å². The molecule has 2 amide bonds. The molecule has 0 aromatic carbocycles. The Labute approximate surface area is 86.3 Å². The predicted molar refractivity (Wildman–Crippen MR) is 40.5 cm³/mol. The van der Waals surface area contributed by atoms with Crippen molar-refractivity contribution >= 4 is 18.0 Å². The number of likely N-dealkylation sites (tertiary alicyclic amines) is 1. The number of rotatable bonds is 1. The number of imide groups is 1. The molecule has 16 heavy (non-hydrogen) atoms. The van der Waals surface area contributed by atoms with E-state index >= 15 is 0 Å². The summed E-state index contributed by atoms with van der Waals surface area (Å²) in [6, 6.07) is -2.58. The number of hydrogen-bond donors (Lipinski definition) is 2. The first kappa shape index (κ1) is 12.3. The molecule has 1 unspecified atom stereocenters. The number of amides is 2. The van der Waals surface area contributed by atoms with Gasteiger partial charge in [0.1, 0.15) is 12.0 Å². The van der Waals surface area contributed by atoms with Gasteiger partial charge in [0.2, 0.25) is 5.91 Å². The Morgan fingerprint density at radius 3 is 2.06 bits per heavy atom. The zero-order valence-electron chi connectivity index (χ0n) is 7.56. The van der Waals surface area contributed by atoms with Crippen LogP contribution in [0.3, 0.4) is 0 Å². The second-order valence-corrected chi connectivity index (χ2v) is 3.17. The molecule has 0 aliphatic carbocycles. The fraction of sp³-hybridized carbons (Fsp3) is 0.571. The van der Waals surface area contributed by atoms with Crippen LogP contribution in [-0.4, -0.2) is 45.3 Å². The van der Waals surface area contributed by atoms with Gasteiger partial charge in [-0.05, 0) is 6.42 Å². The Morgan fingerprint density at radius 1 is 1.31 bits per heavy atom. The highest BCUT2D eigenvalue weighted by Crippen LogP contribution is 2.36. The van der Waals surface area contributed by atoms with Gasteiger partial charge in [-0.1, -0.05) is 0 Å². The smallest absolute Gasteiger partial charge is 0.414 e. The minimum Gasteiger partial charge on any atom is -0.481 e. The number of carbonyl (C=O) groups is 3. The maximum Gasteiger partial charge on any atom is 0.414 e. The molecule has 0 radical (unpaired) electrons. The number of hydrogen-bond acceptors (Lipinski definition) is 3. The second-order valence-electron chi connectivity index (χ2n) is 3.17. The molecule has 1 saturated heterocycles. The van der Waals surface area contributed by atoms with Crippen molar-refractivity contribution in [1.29, 1.82) is 0 Å². The summed E-state index contributed by atoms with van der Waals surface area (Å²) in [4.78, 5) is 31.5. The van der Waals surface area contributed by atoms with Crippen molar-refractivity contribution in [2.75, 3.05) is 0 Å². The summed E-state index contributed by atoms with van der Waals surface area (Å²) in [7, 11) is 0. The number of aliphatic carboxylic acids is 1. The van der Waals surface area contributed by atoms with Crippen LogP contribution in [0.5, 0.6) is 0 Å². The normalized spacial score (nSPS) is 25.9. The Bertz CT molecular complexity index is 352. The number of alkyl halides is 3. The van der Waals surface area contributed by atoms with Crippen LogP contribution in [0.15, 0.2) is 0 Å². The summed E-state index contributed by atoms with van der Waals surface area (Å²) in [5.41, 5.74) is 0. The van der Waals surface area contributed by atoms with Gasteiger partial charge in [-0.2, -0.15) is 13.2 Å². The monoisotopic (exact) mass is 241 g/mol. The molecule has 1 aliphatic rings. The third kappa shape index (κ3) is 1.92. The van der Waals surface area contributed by atoms with Gasteiger partial charge >= 0.3 is 18.2 Å². The van der Waals surface area contributed by atoms with Crippen LogP contribution in [0, 0.1) is 5.92 Å². The Morgan fingerprint density at radius 2 is 1.81 bits per heavy atom. The molecule has 0 aromatic heterocycles. The van der Waals surface area contributed by atoms with Crippen LogP contribution >= 0.6 is 0 Å². The van der Waals surface area contributed by atoms with Gasteiger partial charge in [0, 0.05) is 0 Å². The molecule has 0 saturated carbocycles. The van der Waals surface area contributed by atoms with E-state index in [0.29, 0.717) is 0 Å². The number of carbonyl (C=O) groups excluding carboxylic acids is 1. The second kappa shape index (κ2) is 3.65. The maximum atomic E-state index is 12.3. The van der Waals surface area contributed by atoms with Gasteiger partial charge in [-0.25, -0.2) is 9.69 Å². The van der Waals surface area contributed by atoms with Crippen LogP contribution in [0.2, 0.25) is 0 Å². The average Bonchev–Trinajstić information content (AvgIpc) is 2.41.